The lowest BCUT2D eigenvalue weighted by molar-refractivity contribution is 0.111. The van der Waals surface area contributed by atoms with Gasteiger partial charge >= 0.3 is 6.09 Å². The number of benzene rings is 1. The van der Waals surface area contributed by atoms with E-state index in [0.717, 1.165) is 24.0 Å². The molecule has 0 spiro atoms. The molecule has 1 aliphatic rings. The highest BCUT2D eigenvalue weighted by atomic mass is 16.5. The Kier molecular flexibility index (Phi) is 5.28. The normalized spacial score (nSPS) is 15.9. The van der Waals surface area contributed by atoms with Gasteiger partial charge in [0.05, 0.1) is 24.4 Å². The van der Waals surface area contributed by atoms with Gasteiger partial charge in [0.15, 0.2) is 0 Å². The van der Waals surface area contributed by atoms with E-state index in [1.807, 2.05) is 45.0 Å². The Labute approximate surface area is 165 Å². The fourth-order valence-electron chi connectivity index (χ4n) is 3.74. The topological polar surface area (TPSA) is 95.2 Å². The number of amides is 1. The van der Waals surface area contributed by atoms with Gasteiger partial charge in [0.1, 0.15) is 5.75 Å². The molecule has 6 nitrogen and oxygen atoms in total. The van der Waals surface area contributed by atoms with Crippen molar-refractivity contribution in [2.75, 3.05) is 6.61 Å². The van der Waals surface area contributed by atoms with E-state index >= 15 is 0 Å². The summed E-state index contributed by atoms with van der Waals surface area (Å²) in [4.78, 5) is 15.5. The molecule has 1 saturated carbocycles. The molecular weight excluding hydrogens is 354 g/mol. The highest BCUT2D eigenvalue weighted by Gasteiger charge is 2.54. The van der Waals surface area contributed by atoms with Crippen molar-refractivity contribution in [1.29, 1.82) is 5.26 Å². The first-order chi connectivity index (χ1) is 13.2. The second-order valence-electron chi connectivity index (χ2n) is 8.50. The Hall–Kier alpha value is -3.07. The number of nitrogens with one attached hydrogen (secondary N) is 1. The number of nitrogens with zero attached hydrogens (tertiary/aromatic N) is 2. The van der Waals surface area contributed by atoms with Gasteiger partial charge in [-0.3, -0.25) is 4.98 Å². The van der Waals surface area contributed by atoms with Crippen LogP contribution >= 0.6 is 0 Å². The first-order valence-corrected chi connectivity index (χ1v) is 9.31. The number of nitriles is 1. The standard InChI is InChI=1S/C22H25N3O3/c1-21(2,3)19(25-20(26)27)22(7-8-22)14-28-18-10-17(12-24-13-18)16-6-4-5-15(9-16)11-23/h4-6,9-10,12-13,19,25H,7-8,14H2,1-3H3,(H,26,27). The minimum Gasteiger partial charge on any atom is -0.491 e. The van der Waals surface area contributed by atoms with Crippen molar-refractivity contribution in [1.82, 2.24) is 10.3 Å². The Morgan fingerprint density at radius 2 is 2.07 bits per heavy atom. The molecule has 2 N–H and O–H groups in total. The van der Waals surface area contributed by atoms with Gasteiger partial charge in [-0.05, 0) is 42.0 Å². The number of pyridine rings is 1. The molecule has 0 bridgehead atoms. The molecule has 2 aromatic rings. The molecule has 1 aromatic carbocycles. The predicted molar refractivity (Wildman–Crippen MR) is 106 cm³/mol. The van der Waals surface area contributed by atoms with Crippen LogP contribution in [0.4, 0.5) is 4.79 Å². The van der Waals surface area contributed by atoms with Gasteiger partial charge in [0, 0.05) is 23.2 Å². The van der Waals surface area contributed by atoms with Gasteiger partial charge in [-0.2, -0.15) is 5.26 Å². The smallest absolute Gasteiger partial charge is 0.404 e. The maximum absolute atomic E-state index is 11.3. The van der Waals surface area contributed by atoms with E-state index in [1.54, 1.807) is 18.5 Å². The van der Waals surface area contributed by atoms with E-state index in [-0.39, 0.29) is 16.9 Å². The minimum absolute atomic E-state index is 0.194. The van der Waals surface area contributed by atoms with Crippen LogP contribution in [0.5, 0.6) is 5.75 Å². The molecule has 3 rings (SSSR count). The van der Waals surface area contributed by atoms with Crippen LogP contribution in [-0.4, -0.2) is 28.8 Å². The first-order valence-electron chi connectivity index (χ1n) is 9.31. The molecule has 6 heteroatoms. The van der Waals surface area contributed by atoms with Gasteiger partial charge < -0.3 is 15.2 Å². The van der Waals surface area contributed by atoms with E-state index in [2.05, 4.69) is 16.4 Å². The average molecular weight is 379 g/mol. The summed E-state index contributed by atoms with van der Waals surface area (Å²) in [6.45, 7) is 6.55. The van der Waals surface area contributed by atoms with E-state index < -0.39 is 6.09 Å². The zero-order valence-electron chi connectivity index (χ0n) is 16.4. The summed E-state index contributed by atoms with van der Waals surface area (Å²) < 4.78 is 6.05. The number of carbonyl (C=O) groups is 1. The number of hydrogen-bond acceptors (Lipinski definition) is 4. The Morgan fingerprint density at radius 3 is 2.68 bits per heavy atom. The van der Waals surface area contributed by atoms with Crippen molar-refractivity contribution in [3.05, 3.63) is 48.3 Å². The van der Waals surface area contributed by atoms with Gasteiger partial charge in [0.25, 0.3) is 0 Å². The van der Waals surface area contributed by atoms with Crippen molar-refractivity contribution in [2.24, 2.45) is 10.8 Å². The summed E-state index contributed by atoms with van der Waals surface area (Å²) in [5.41, 5.74) is 1.95. The molecule has 0 aliphatic heterocycles. The molecule has 0 radical (unpaired) electrons. The van der Waals surface area contributed by atoms with Crippen molar-refractivity contribution in [2.45, 2.75) is 39.7 Å². The highest BCUT2D eigenvalue weighted by Crippen LogP contribution is 2.53. The molecule has 28 heavy (non-hydrogen) atoms. The molecule has 1 atom stereocenters. The lowest BCUT2D eigenvalue weighted by atomic mass is 9.77. The lowest BCUT2D eigenvalue weighted by Gasteiger charge is -2.37. The van der Waals surface area contributed by atoms with Crippen molar-refractivity contribution in [3.8, 4) is 22.9 Å². The van der Waals surface area contributed by atoms with Gasteiger partial charge in [-0.15, -0.1) is 0 Å². The summed E-state index contributed by atoms with van der Waals surface area (Å²) in [6.07, 6.45) is 4.23. The SMILES string of the molecule is CC(C)(C)C(NC(=O)O)C1(COc2cncc(-c3cccc(C#N)c3)c2)CC1. The number of rotatable bonds is 6. The van der Waals surface area contributed by atoms with E-state index in [4.69, 9.17) is 10.00 Å². The van der Waals surface area contributed by atoms with Crippen LogP contribution in [-0.2, 0) is 0 Å². The third kappa shape index (κ3) is 4.42. The van der Waals surface area contributed by atoms with Crippen LogP contribution in [0.15, 0.2) is 42.7 Å². The quantitative estimate of drug-likeness (QED) is 0.772. The van der Waals surface area contributed by atoms with E-state index in [0.29, 0.717) is 17.9 Å². The molecule has 1 aromatic heterocycles. The predicted octanol–water partition coefficient (Wildman–Crippen LogP) is 4.46. The fraction of sp³-hybridized carbons (Fsp3) is 0.409. The van der Waals surface area contributed by atoms with Gasteiger partial charge in [-0.1, -0.05) is 32.9 Å². The molecule has 146 valence electrons. The van der Waals surface area contributed by atoms with Crippen LogP contribution in [0.2, 0.25) is 0 Å². The summed E-state index contributed by atoms with van der Waals surface area (Å²) in [5, 5.41) is 21.0. The molecule has 0 saturated heterocycles. The van der Waals surface area contributed by atoms with Crippen molar-refractivity contribution in [3.63, 3.8) is 0 Å². The van der Waals surface area contributed by atoms with Crippen molar-refractivity contribution < 1.29 is 14.6 Å². The molecule has 1 amide bonds. The van der Waals surface area contributed by atoms with Crippen molar-refractivity contribution >= 4 is 6.09 Å². The monoisotopic (exact) mass is 379 g/mol. The maximum atomic E-state index is 11.3. The van der Waals surface area contributed by atoms with Gasteiger partial charge in [-0.25, -0.2) is 4.79 Å². The van der Waals surface area contributed by atoms with Crippen LogP contribution in [0.1, 0.15) is 39.2 Å². The Morgan fingerprint density at radius 1 is 1.32 bits per heavy atom. The number of aromatic nitrogens is 1. The second-order valence-corrected chi connectivity index (χ2v) is 8.50. The largest absolute Gasteiger partial charge is 0.491 e. The zero-order chi connectivity index (χ0) is 20.4. The third-order valence-electron chi connectivity index (χ3n) is 5.20. The number of hydrogen-bond donors (Lipinski definition) is 2. The third-order valence-corrected chi connectivity index (χ3v) is 5.20. The number of carboxylic acid groups (broad SMARTS) is 1. The molecular formula is C22H25N3O3. The summed E-state index contributed by atoms with van der Waals surface area (Å²) in [5.74, 6) is 0.633. The molecule has 1 fully saturated rings. The summed E-state index contributed by atoms with van der Waals surface area (Å²) in [7, 11) is 0. The maximum Gasteiger partial charge on any atom is 0.404 e. The Balaban J connectivity index is 1.76. The van der Waals surface area contributed by atoms with Crippen LogP contribution in [0.25, 0.3) is 11.1 Å². The number of ether oxygens (including phenoxy) is 1. The summed E-state index contributed by atoms with van der Waals surface area (Å²) >= 11 is 0. The fourth-order valence-corrected chi connectivity index (χ4v) is 3.74. The first kappa shape index (κ1) is 19.7. The highest BCUT2D eigenvalue weighted by molar-refractivity contribution is 5.66. The van der Waals surface area contributed by atoms with Crippen LogP contribution in [0, 0.1) is 22.2 Å². The molecule has 1 aliphatic carbocycles. The molecule has 1 unspecified atom stereocenters. The molecule has 1 heterocycles. The zero-order valence-corrected chi connectivity index (χ0v) is 16.4. The van der Waals surface area contributed by atoms with Gasteiger partial charge in [0.2, 0.25) is 0 Å². The van der Waals surface area contributed by atoms with Crippen LogP contribution in [0.3, 0.4) is 0 Å². The van der Waals surface area contributed by atoms with Crippen LogP contribution < -0.4 is 10.1 Å². The second kappa shape index (κ2) is 7.51. The van der Waals surface area contributed by atoms with E-state index in [1.165, 1.54) is 0 Å². The van der Waals surface area contributed by atoms with E-state index in [9.17, 15) is 9.90 Å². The average Bonchev–Trinajstić information content (AvgIpc) is 3.44. The minimum atomic E-state index is -1.01. The summed E-state index contributed by atoms with van der Waals surface area (Å²) in [6, 6.07) is 11.2. The lowest BCUT2D eigenvalue weighted by Crippen LogP contribution is -2.51. The Bertz CT molecular complexity index is 908.